The molecule has 130 valence electrons. The molecule has 0 fully saturated rings. The van der Waals surface area contributed by atoms with E-state index in [1.807, 2.05) is 0 Å². The largest absolute Gasteiger partial charge is 0.618 e. The van der Waals surface area contributed by atoms with Crippen LogP contribution in [0, 0.1) is 12.1 Å². The molecule has 0 aliphatic heterocycles. The second-order valence-corrected chi connectivity index (χ2v) is 5.19. The molecule has 24 heavy (non-hydrogen) atoms. The lowest BCUT2D eigenvalue weighted by atomic mass is 9.95. The minimum absolute atomic E-state index is 0.216. The molecule has 2 aromatic heterocycles. The molecule has 6 nitrogen and oxygen atoms in total. The number of alkyl halides is 3. The molecular weight excluding hydrogens is 329 g/mol. The monoisotopic (exact) mass is 344 g/mol. The Morgan fingerprint density at radius 2 is 2.04 bits per heavy atom. The number of rotatable bonds is 5. The third kappa shape index (κ3) is 3.51. The second-order valence-electron chi connectivity index (χ2n) is 5.19. The molecule has 2 N–H and O–H groups in total. The van der Waals surface area contributed by atoms with Crippen LogP contribution in [0.5, 0.6) is 0 Å². The van der Waals surface area contributed by atoms with Crippen LogP contribution in [-0.2, 0) is 5.60 Å². The molecule has 2 heterocycles. The Labute approximate surface area is 135 Å². The van der Waals surface area contributed by atoms with Gasteiger partial charge in [-0.3, -0.25) is 4.79 Å². The highest BCUT2D eigenvalue weighted by atomic mass is 19.4. The van der Waals surface area contributed by atoms with Crippen LogP contribution in [0.4, 0.5) is 13.2 Å². The molecule has 2 aromatic rings. The quantitative estimate of drug-likeness (QED) is 0.639. The normalized spacial score (nSPS) is 14.2. The number of hydrogen-bond donors (Lipinski definition) is 2. The fourth-order valence-electron chi connectivity index (χ4n) is 2.11. The van der Waals surface area contributed by atoms with Crippen LogP contribution < -0.4 is 10.0 Å². The van der Waals surface area contributed by atoms with Crippen molar-refractivity contribution in [2.24, 2.45) is 0 Å². The summed E-state index contributed by atoms with van der Waals surface area (Å²) < 4.78 is 44.9. The minimum Gasteiger partial charge on any atom is -0.618 e. The van der Waals surface area contributed by atoms with E-state index >= 15 is 0 Å². The Morgan fingerprint density at radius 3 is 2.58 bits per heavy atom. The molecule has 1 amide bonds. The molecule has 1 atom stereocenters. The van der Waals surface area contributed by atoms with E-state index in [2.05, 4.69) is 5.32 Å². The van der Waals surface area contributed by atoms with E-state index < -0.39 is 36.4 Å². The molecule has 0 aromatic carbocycles. The van der Waals surface area contributed by atoms with Crippen molar-refractivity contribution in [1.29, 1.82) is 0 Å². The van der Waals surface area contributed by atoms with Gasteiger partial charge in [0.25, 0.3) is 5.69 Å². The lowest BCUT2D eigenvalue weighted by molar-refractivity contribution is -0.607. The van der Waals surface area contributed by atoms with Crippen LogP contribution in [0.25, 0.3) is 0 Å². The minimum atomic E-state index is -4.99. The number of pyridine rings is 1. The maximum Gasteiger partial charge on any atom is 0.424 e. The maximum atomic E-state index is 13.2. The van der Waals surface area contributed by atoms with Crippen molar-refractivity contribution < 1.29 is 32.2 Å². The van der Waals surface area contributed by atoms with Crippen LogP contribution >= 0.6 is 0 Å². The first-order chi connectivity index (χ1) is 11.1. The Balaban J connectivity index is 2.10. The Morgan fingerprint density at radius 1 is 1.33 bits per heavy atom. The molecule has 0 aliphatic rings. The van der Waals surface area contributed by atoms with Gasteiger partial charge in [0.1, 0.15) is 11.5 Å². The number of nitrogens with one attached hydrogen (secondary N) is 1. The standard InChI is InChI=1S/C15H15F3N2O4/c1-10-5-6-12(24-10)14(22,15(16,17)18)7-8-19-13(21)11-4-2-3-9-20(11)23/h2-6,9,22H,7-8H2,1H3,(H,19,21)/t14-/m0/s1. The lowest BCUT2D eigenvalue weighted by Crippen LogP contribution is -2.45. The van der Waals surface area contributed by atoms with Crippen LogP contribution in [0.2, 0.25) is 0 Å². The van der Waals surface area contributed by atoms with E-state index in [1.165, 1.54) is 31.2 Å². The van der Waals surface area contributed by atoms with Gasteiger partial charge in [0, 0.05) is 25.1 Å². The smallest absolute Gasteiger partial charge is 0.424 e. The average molecular weight is 344 g/mol. The van der Waals surface area contributed by atoms with E-state index in [4.69, 9.17) is 4.42 Å². The number of aryl methyl sites for hydroxylation is 1. The van der Waals surface area contributed by atoms with Crippen LogP contribution in [0.1, 0.15) is 28.4 Å². The number of carbonyl (C=O) groups excluding carboxylic acids is 1. The molecular formula is C15H15F3N2O4. The number of nitrogens with zero attached hydrogens (tertiary/aromatic N) is 1. The van der Waals surface area contributed by atoms with Crippen molar-refractivity contribution in [1.82, 2.24) is 5.32 Å². The summed E-state index contributed by atoms with van der Waals surface area (Å²) in [6.45, 7) is 0.938. The number of halogens is 3. The molecule has 0 spiro atoms. The van der Waals surface area contributed by atoms with Gasteiger partial charge in [0.05, 0.1) is 0 Å². The van der Waals surface area contributed by atoms with Crippen molar-refractivity contribution in [3.8, 4) is 0 Å². The van der Waals surface area contributed by atoms with Crippen LogP contribution in [0.3, 0.4) is 0 Å². The van der Waals surface area contributed by atoms with Crippen molar-refractivity contribution in [3.63, 3.8) is 0 Å². The molecule has 0 bridgehead atoms. The van der Waals surface area contributed by atoms with Gasteiger partial charge in [-0.15, -0.1) is 0 Å². The van der Waals surface area contributed by atoms with Gasteiger partial charge in [-0.2, -0.15) is 17.9 Å². The number of aliphatic hydroxyl groups is 1. The first-order valence-electron chi connectivity index (χ1n) is 6.97. The first-order valence-corrected chi connectivity index (χ1v) is 6.97. The highest BCUT2D eigenvalue weighted by molar-refractivity contribution is 5.90. The van der Waals surface area contributed by atoms with Crippen molar-refractivity contribution in [2.75, 3.05) is 6.54 Å². The lowest BCUT2D eigenvalue weighted by Gasteiger charge is -2.28. The number of hydrogen-bond acceptors (Lipinski definition) is 4. The maximum absolute atomic E-state index is 13.2. The molecule has 0 radical (unpaired) electrons. The Kier molecular flexibility index (Phi) is 4.83. The molecule has 0 unspecified atom stereocenters. The van der Waals surface area contributed by atoms with E-state index in [1.54, 1.807) is 0 Å². The summed E-state index contributed by atoms with van der Waals surface area (Å²) in [5, 5.41) is 23.6. The highest BCUT2D eigenvalue weighted by Crippen LogP contribution is 2.41. The zero-order chi connectivity index (χ0) is 18.0. The highest BCUT2D eigenvalue weighted by Gasteiger charge is 2.56. The van der Waals surface area contributed by atoms with Gasteiger partial charge >= 0.3 is 12.1 Å². The van der Waals surface area contributed by atoms with E-state index in [0.717, 1.165) is 12.3 Å². The molecule has 0 saturated heterocycles. The van der Waals surface area contributed by atoms with Crippen LogP contribution in [-0.4, -0.2) is 23.7 Å². The molecule has 0 saturated carbocycles. The molecule has 9 heteroatoms. The predicted molar refractivity (Wildman–Crippen MR) is 75.7 cm³/mol. The summed E-state index contributed by atoms with van der Waals surface area (Å²) in [6, 6.07) is 6.42. The Bertz CT molecular complexity index is 730. The van der Waals surface area contributed by atoms with E-state index in [-0.39, 0.29) is 11.5 Å². The number of aromatic nitrogens is 1. The summed E-state index contributed by atoms with van der Waals surface area (Å²) in [4.78, 5) is 11.8. The number of carbonyl (C=O) groups is 1. The van der Waals surface area contributed by atoms with Crippen molar-refractivity contribution in [3.05, 3.63) is 59.0 Å². The summed E-state index contributed by atoms with van der Waals surface area (Å²) in [5.74, 6) is -1.28. The van der Waals surface area contributed by atoms with Crippen molar-refractivity contribution in [2.45, 2.75) is 25.1 Å². The number of furan rings is 1. The fourth-order valence-corrected chi connectivity index (χ4v) is 2.11. The molecule has 2 rings (SSSR count). The van der Waals surface area contributed by atoms with Gasteiger partial charge in [0.2, 0.25) is 5.60 Å². The fraction of sp³-hybridized carbons (Fsp3) is 0.333. The Hall–Kier alpha value is -2.55. The van der Waals surface area contributed by atoms with Crippen LogP contribution in [0.15, 0.2) is 40.9 Å². The molecule has 0 aliphatic carbocycles. The summed E-state index contributed by atoms with van der Waals surface area (Å²) in [7, 11) is 0. The zero-order valence-corrected chi connectivity index (χ0v) is 12.6. The van der Waals surface area contributed by atoms with Crippen molar-refractivity contribution >= 4 is 5.91 Å². The van der Waals surface area contributed by atoms with Gasteiger partial charge in [-0.1, -0.05) is 0 Å². The second kappa shape index (κ2) is 6.52. The third-order valence-electron chi connectivity index (χ3n) is 3.45. The van der Waals surface area contributed by atoms with Gasteiger partial charge in [-0.25, -0.2) is 0 Å². The topological polar surface area (TPSA) is 89.4 Å². The summed E-state index contributed by atoms with van der Waals surface area (Å²) >= 11 is 0. The van der Waals surface area contributed by atoms with E-state index in [9.17, 15) is 28.3 Å². The van der Waals surface area contributed by atoms with E-state index in [0.29, 0.717) is 4.73 Å². The SMILES string of the molecule is Cc1ccc([C@@](O)(CCNC(=O)c2cccc[n+]2[O-])C(F)(F)F)o1. The summed E-state index contributed by atoms with van der Waals surface area (Å²) in [5.41, 5.74) is -3.50. The average Bonchev–Trinajstić information content (AvgIpc) is 2.93. The zero-order valence-electron chi connectivity index (χ0n) is 12.6. The van der Waals surface area contributed by atoms with Gasteiger partial charge < -0.3 is 20.0 Å². The number of amides is 1. The van der Waals surface area contributed by atoms with Gasteiger partial charge in [-0.05, 0) is 25.1 Å². The van der Waals surface area contributed by atoms with Gasteiger partial charge in [0.15, 0.2) is 6.20 Å². The third-order valence-corrected chi connectivity index (χ3v) is 3.45. The first kappa shape index (κ1) is 17.8. The predicted octanol–water partition coefficient (Wildman–Crippen LogP) is 1.79. The summed E-state index contributed by atoms with van der Waals surface area (Å²) in [6.07, 6.45) is -4.76.